The summed E-state index contributed by atoms with van der Waals surface area (Å²) in [7, 11) is 0. The van der Waals surface area contributed by atoms with E-state index in [1.54, 1.807) is 0 Å². The van der Waals surface area contributed by atoms with Crippen LogP contribution in [0.1, 0.15) is 84.9 Å². The van der Waals surface area contributed by atoms with Crippen molar-refractivity contribution in [2.45, 2.75) is 80.6 Å². The quantitative estimate of drug-likeness (QED) is 0.394. The zero-order valence-electron chi connectivity index (χ0n) is 24.6. The highest BCUT2D eigenvalue weighted by Crippen LogP contribution is 2.73. The molecule has 0 saturated heterocycles. The molecular weight excluding hydrogens is 444 g/mol. The van der Waals surface area contributed by atoms with Crippen LogP contribution in [0.4, 0.5) is 0 Å². The van der Waals surface area contributed by atoms with Crippen LogP contribution in [0.2, 0.25) is 0 Å². The molecule has 0 unspecified atom stereocenters. The number of aryl methyl sites for hydroxylation is 1. The van der Waals surface area contributed by atoms with E-state index in [2.05, 4.69) is 118 Å². The van der Waals surface area contributed by atoms with Gasteiger partial charge in [-0.15, -0.1) is 0 Å². The minimum absolute atomic E-state index is 0.0568. The molecule has 0 radical (unpaired) electrons. The van der Waals surface area contributed by atoms with E-state index in [1.807, 2.05) is 0 Å². The molecule has 0 nitrogen and oxygen atoms in total. The van der Waals surface area contributed by atoms with Crippen LogP contribution in [0, 0.1) is 23.2 Å². The van der Waals surface area contributed by atoms with Crippen LogP contribution < -0.4 is 0 Å². The van der Waals surface area contributed by atoms with Crippen molar-refractivity contribution in [1.82, 2.24) is 0 Å². The van der Waals surface area contributed by atoms with E-state index in [0.29, 0.717) is 0 Å². The predicted octanol–water partition coefficient (Wildman–Crippen LogP) is 10.6. The van der Waals surface area contributed by atoms with Gasteiger partial charge in [0, 0.05) is 16.2 Å². The van der Waals surface area contributed by atoms with Gasteiger partial charge >= 0.3 is 0 Å². The van der Waals surface area contributed by atoms with Crippen LogP contribution >= 0.6 is 0 Å². The standard InChI is InChI=1S/C37H44/c1-22(2)30-24(4)20-35(10)21-36(11)32(27(7)37(35,12)26(30)6)25(5)31-23(3)18-19-29(33(31)34(36,8)9)28-16-14-13-15-17-28/h13-19H,1,4-5,20-21H2,2-3,6-12H3/t35-,36+,37+/m0/s1. The molecule has 37 heavy (non-hydrogen) atoms. The number of allylic oxidation sites excluding steroid dienone is 7. The van der Waals surface area contributed by atoms with Crippen molar-refractivity contribution in [2.75, 3.05) is 0 Å². The lowest BCUT2D eigenvalue weighted by molar-refractivity contribution is 0.0207. The molecule has 3 atom stereocenters. The number of rotatable bonds is 2. The zero-order valence-corrected chi connectivity index (χ0v) is 24.6. The fourth-order valence-corrected chi connectivity index (χ4v) is 8.93. The summed E-state index contributed by atoms with van der Waals surface area (Å²) in [6.45, 7) is 35.5. The Morgan fingerprint density at radius 1 is 0.838 bits per heavy atom. The monoisotopic (exact) mass is 488 g/mol. The summed E-state index contributed by atoms with van der Waals surface area (Å²) in [5.41, 5.74) is 15.9. The normalized spacial score (nSPS) is 30.6. The summed E-state index contributed by atoms with van der Waals surface area (Å²) in [4.78, 5) is 0. The number of fused-ring (bicyclic) bond motifs is 3. The predicted molar refractivity (Wildman–Crippen MR) is 162 cm³/mol. The van der Waals surface area contributed by atoms with Gasteiger partial charge in [-0.3, -0.25) is 0 Å². The number of hydrogen-bond acceptors (Lipinski definition) is 0. The maximum absolute atomic E-state index is 4.87. The second-order valence-corrected chi connectivity index (χ2v) is 13.4. The summed E-state index contributed by atoms with van der Waals surface area (Å²) >= 11 is 0. The molecule has 0 bridgehead atoms. The molecule has 0 heteroatoms. The molecule has 2 aromatic rings. The molecule has 0 spiro atoms. The third-order valence-electron chi connectivity index (χ3n) is 11.2. The van der Waals surface area contributed by atoms with Crippen molar-refractivity contribution in [3.8, 4) is 11.1 Å². The highest BCUT2D eigenvalue weighted by molar-refractivity contribution is 5.91. The Balaban J connectivity index is 1.90. The fraction of sp³-hybridized carbons (Fsp3) is 0.405. The fourth-order valence-electron chi connectivity index (χ4n) is 8.93. The lowest BCUT2D eigenvalue weighted by atomic mass is 9.38. The SMILES string of the molecule is C=C(C)C1=C(C)[C@]2(C)C(C)=C3C(=C)c4c(C)ccc(-c5ccccc5)c4C(C)(C)[C@]3(C)C[C@]2(C)CC1=C. The van der Waals surface area contributed by atoms with Crippen molar-refractivity contribution < 1.29 is 0 Å². The van der Waals surface area contributed by atoms with E-state index in [-0.39, 0.29) is 21.7 Å². The third-order valence-corrected chi connectivity index (χ3v) is 11.2. The van der Waals surface area contributed by atoms with Gasteiger partial charge in [-0.2, -0.15) is 0 Å². The maximum Gasteiger partial charge on any atom is 0.0159 e. The summed E-state index contributed by atoms with van der Waals surface area (Å²) in [6, 6.07) is 15.5. The Kier molecular flexibility index (Phi) is 5.45. The van der Waals surface area contributed by atoms with Gasteiger partial charge in [0.2, 0.25) is 0 Å². The molecule has 0 aliphatic heterocycles. The Bertz CT molecular complexity index is 1450. The van der Waals surface area contributed by atoms with Crippen LogP contribution in [-0.2, 0) is 5.41 Å². The van der Waals surface area contributed by atoms with Crippen molar-refractivity contribution in [2.24, 2.45) is 16.2 Å². The molecule has 0 amide bonds. The Morgan fingerprint density at radius 2 is 1.46 bits per heavy atom. The van der Waals surface area contributed by atoms with Crippen molar-refractivity contribution in [1.29, 1.82) is 0 Å². The molecule has 0 N–H and O–H groups in total. The largest absolute Gasteiger partial charge is 0.0955 e. The molecule has 3 aliphatic carbocycles. The highest BCUT2D eigenvalue weighted by atomic mass is 14.7. The van der Waals surface area contributed by atoms with Gasteiger partial charge in [0.1, 0.15) is 0 Å². The summed E-state index contributed by atoms with van der Waals surface area (Å²) in [5.74, 6) is 0. The van der Waals surface area contributed by atoms with Gasteiger partial charge in [-0.1, -0.05) is 114 Å². The summed E-state index contributed by atoms with van der Waals surface area (Å²) in [6.07, 6.45) is 2.09. The van der Waals surface area contributed by atoms with E-state index in [9.17, 15) is 0 Å². The molecule has 3 aliphatic rings. The Hall–Kier alpha value is -2.86. The van der Waals surface area contributed by atoms with Gasteiger partial charge in [-0.05, 0) is 96.1 Å². The average molecular weight is 489 g/mol. The van der Waals surface area contributed by atoms with Gasteiger partial charge < -0.3 is 0 Å². The Labute approximate surface area is 225 Å². The van der Waals surface area contributed by atoms with Crippen molar-refractivity contribution >= 4 is 5.57 Å². The molecule has 0 heterocycles. The van der Waals surface area contributed by atoms with Crippen LogP contribution in [0.3, 0.4) is 0 Å². The van der Waals surface area contributed by atoms with Gasteiger partial charge in [-0.25, -0.2) is 0 Å². The molecular formula is C37H44. The summed E-state index contributed by atoms with van der Waals surface area (Å²) < 4.78 is 0. The molecule has 0 saturated carbocycles. The minimum atomic E-state index is -0.0881. The first-order chi connectivity index (χ1) is 17.1. The zero-order chi connectivity index (χ0) is 27.3. The van der Waals surface area contributed by atoms with Gasteiger partial charge in [0.15, 0.2) is 0 Å². The van der Waals surface area contributed by atoms with Gasteiger partial charge in [0.25, 0.3) is 0 Å². The van der Waals surface area contributed by atoms with Crippen molar-refractivity contribution in [3.05, 3.63) is 112 Å². The first-order valence-electron chi connectivity index (χ1n) is 13.8. The third kappa shape index (κ3) is 3.02. The smallest absolute Gasteiger partial charge is 0.0159 e. The summed E-state index contributed by atoms with van der Waals surface area (Å²) in [5, 5.41) is 0. The number of benzene rings is 2. The van der Waals surface area contributed by atoms with Crippen LogP contribution in [0.25, 0.3) is 16.7 Å². The second kappa shape index (κ2) is 7.83. The lowest BCUT2D eigenvalue weighted by Crippen LogP contribution is -2.57. The lowest BCUT2D eigenvalue weighted by Gasteiger charge is -2.65. The van der Waals surface area contributed by atoms with Gasteiger partial charge in [0.05, 0.1) is 0 Å². The second-order valence-electron chi connectivity index (χ2n) is 13.4. The molecule has 0 fully saturated rings. The number of hydrogen-bond donors (Lipinski definition) is 0. The molecule has 2 aromatic carbocycles. The molecule has 192 valence electrons. The Morgan fingerprint density at radius 3 is 2.05 bits per heavy atom. The van der Waals surface area contributed by atoms with E-state index in [0.717, 1.165) is 18.4 Å². The van der Waals surface area contributed by atoms with Crippen molar-refractivity contribution in [3.63, 3.8) is 0 Å². The topological polar surface area (TPSA) is 0 Å². The van der Waals surface area contributed by atoms with E-state index in [1.165, 1.54) is 61.3 Å². The first-order valence-corrected chi connectivity index (χ1v) is 13.8. The highest BCUT2D eigenvalue weighted by Gasteiger charge is 2.63. The van der Waals surface area contributed by atoms with E-state index >= 15 is 0 Å². The molecule has 0 aromatic heterocycles. The maximum atomic E-state index is 4.87. The van der Waals surface area contributed by atoms with Crippen LogP contribution in [0.15, 0.2) is 95.6 Å². The first kappa shape index (κ1) is 25.8. The van der Waals surface area contributed by atoms with Crippen LogP contribution in [0.5, 0.6) is 0 Å². The minimum Gasteiger partial charge on any atom is -0.0955 e. The average Bonchev–Trinajstić information content (AvgIpc) is 2.80. The van der Waals surface area contributed by atoms with E-state index < -0.39 is 0 Å². The van der Waals surface area contributed by atoms with E-state index in [4.69, 9.17) is 6.58 Å². The van der Waals surface area contributed by atoms with Crippen LogP contribution in [-0.4, -0.2) is 0 Å². The molecule has 5 rings (SSSR count).